The fraction of sp³-hybridized carbons (Fsp3) is 0.600. The molecule has 1 unspecified atom stereocenters. The van der Waals surface area contributed by atoms with E-state index in [-0.39, 0.29) is 4.90 Å². The Labute approximate surface area is 96.1 Å². The van der Waals surface area contributed by atoms with Crippen LogP contribution in [0.15, 0.2) is 23.4 Å². The first kappa shape index (κ1) is 13.2. The minimum atomic E-state index is -3.57. The van der Waals surface area contributed by atoms with E-state index < -0.39 is 21.7 Å². The van der Waals surface area contributed by atoms with Gasteiger partial charge >= 0.3 is 0 Å². The first-order valence-corrected chi connectivity index (χ1v) is 6.47. The number of nitrogens with one attached hydrogen (secondary N) is 1. The Balaban J connectivity index is 2.97. The summed E-state index contributed by atoms with van der Waals surface area (Å²) in [6, 6.07) is 1.51. The molecule has 1 aromatic heterocycles. The lowest BCUT2D eigenvalue weighted by Gasteiger charge is -2.28. The van der Waals surface area contributed by atoms with E-state index in [4.69, 9.17) is 0 Å². The van der Waals surface area contributed by atoms with Crippen molar-refractivity contribution in [1.82, 2.24) is 9.29 Å². The second-order valence-electron chi connectivity index (χ2n) is 4.52. The Kier molecular flexibility index (Phi) is 3.47. The van der Waals surface area contributed by atoms with Crippen LogP contribution >= 0.6 is 0 Å². The van der Waals surface area contributed by atoms with Crippen molar-refractivity contribution < 1.29 is 13.5 Å². The van der Waals surface area contributed by atoms with Gasteiger partial charge in [-0.3, -0.25) is 0 Å². The molecular formula is C10H18N2O3S. The lowest BCUT2D eigenvalue weighted by atomic mass is 10.0. The Bertz CT molecular complexity index is 460. The molecule has 5 nitrogen and oxygen atoms in total. The predicted molar refractivity (Wildman–Crippen MR) is 61.5 cm³/mol. The molecule has 1 heterocycles. The van der Waals surface area contributed by atoms with Crippen LogP contribution in [0.4, 0.5) is 0 Å². The summed E-state index contributed by atoms with van der Waals surface area (Å²) in [6.07, 6.45) is 2.40. The average Bonchev–Trinajstić information content (AvgIpc) is 2.50. The van der Waals surface area contributed by atoms with Gasteiger partial charge in [-0.15, -0.1) is 0 Å². The fourth-order valence-electron chi connectivity index (χ4n) is 1.13. The van der Waals surface area contributed by atoms with Crippen LogP contribution in [0.1, 0.15) is 20.8 Å². The Morgan fingerprint density at radius 1 is 1.50 bits per heavy atom. The van der Waals surface area contributed by atoms with Gasteiger partial charge in [0.15, 0.2) is 0 Å². The van der Waals surface area contributed by atoms with Crippen LogP contribution in [-0.2, 0) is 17.1 Å². The number of aliphatic hydroxyl groups excluding tert-OH is 1. The van der Waals surface area contributed by atoms with Crippen molar-refractivity contribution in [2.45, 2.75) is 37.3 Å². The molecule has 0 bridgehead atoms. The van der Waals surface area contributed by atoms with Crippen molar-refractivity contribution in [1.29, 1.82) is 0 Å². The van der Waals surface area contributed by atoms with Gasteiger partial charge in [-0.05, 0) is 26.8 Å². The average molecular weight is 246 g/mol. The second kappa shape index (κ2) is 4.20. The summed E-state index contributed by atoms with van der Waals surface area (Å²) in [5.41, 5.74) is -0.894. The van der Waals surface area contributed by atoms with Gasteiger partial charge in [0, 0.05) is 19.4 Å². The van der Waals surface area contributed by atoms with Crippen molar-refractivity contribution in [3.63, 3.8) is 0 Å². The number of nitrogens with zero attached hydrogens (tertiary/aromatic N) is 1. The lowest BCUT2D eigenvalue weighted by Crippen LogP contribution is -2.50. The minimum absolute atomic E-state index is 0.198. The van der Waals surface area contributed by atoms with E-state index in [1.165, 1.54) is 12.3 Å². The smallest absolute Gasteiger partial charge is 0.242 e. The van der Waals surface area contributed by atoms with Gasteiger partial charge in [-0.2, -0.15) is 0 Å². The molecule has 2 N–H and O–H groups in total. The number of rotatable bonds is 4. The van der Waals surface area contributed by atoms with Gasteiger partial charge in [0.25, 0.3) is 0 Å². The summed E-state index contributed by atoms with van der Waals surface area (Å²) in [7, 11) is -1.82. The van der Waals surface area contributed by atoms with E-state index in [1.54, 1.807) is 38.6 Å². The molecular weight excluding hydrogens is 228 g/mol. The first-order valence-electron chi connectivity index (χ1n) is 4.99. The lowest BCUT2D eigenvalue weighted by molar-refractivity contribution is 0.111. The Morgan fingerprint density at radius 2 is 2.06 bits per heavy atom. The van der Waals surface area contributed by atoms with Gasteiger partial charge in [0.05, 0.1) is 16.5 Å². The van der Waals surface area contributed by atoms with Crippen LogP contribution in [0.5, 0.6) is 0 Å². The van der Waals surface area contributed by atoms with Crippen LogP contribution in [0.3, 0.4) is 0 Å². The first-order chi connectivity index (χ1) is 7.15. The van der Waals surface area contributed by atoms with Gasteiger partial charge in [-0.25, -0.2) is 13.1 Å². The highest BCUT2D eigenvalue weighted by molar-refractivity contribution is 7.89. The summed E-state index contributed by atoms with van der Waals surface area (Å²) in [4.78, 5) is 0.198. The maximum absolute atomic E-state index is 11.9. The maximum Gasteiger partial charge on any atom is 0.242 e. The number of aromatic nitrogens is 1. The molecule has 6 heteroatoms. The third-order valence-electron chi connectivity index (χ3n) is 2.56. The quantitative estimate of drug-likeness (QED) is 0.811. The fourth-order valence-corrected chi connectivity index (χ4v) is 2.65. The van der Waals surface area contributed by atoms with Crippen molar-refractivity contribution in [2.75, 3.05) is 0 Å². The summed E-state index contributed by atoms with van der Waals surface area (Å²) in [6.45, 7) is 4.82. The third kappa shape index (κ3) is 2.84. The molecule has 0 radical (unpaired) electrons. The molecule has 0 aliphatic carbocycles. The highest BCUT2D eigenvalue weighted by Crippen LogP contribution is 2.15. The van der Waals surface area contributed by atoms with Gasteiger partial charge in [-0.1, -0.05) is 0 Å². The monoisotopic (exact) mass is 246 g/mol. The van der Waals surface area contributed by atoms with E-state index in [0.717, 1.165) is 0 Å². The van der Waals surface area contributed by atoms with Crippen LogP contribution in [0.25, 0.3) is 0 Å². The molecule has 0 aliphatic heterocycles. The van der Waals surface area contributed by atoms with Crippen molar-refractivity contribution in [3.8, 4) is 0 Å². The number of hydrogen-bond acceptors (Lipinski definition) is 3. The standard InChI is InChI=1S/C10H18N2O3S/c1-8(13)10(2,3)11-16(14,15)9-5-6-12(4)7-9/h5-8,11,13H,1-4H3. The number of aliphatic hydroxyl groups is 1. The molecule has 1 aromatic rings. The zero-order chi connectivity index (χ0) is 12.6. The van der Waals surface area contributed by atoms with Gasteiger partial charge in [0.2, 0.25) is 10.0 Å². The Hall–Kier alpha value is -0.850. The van der Waals surface area contributed by atoms with E-state index in [1.807, 2.05) is 0 Å². The van der Waals surface area contributed by atoms with Gasteiger partial charge < -0.3 is 9.67 Å². The number of hydrogen-bond donors (Lipinski definition) is 2. The summed E-state index contributed by atoms with van der Waals surface area (Å²) in [5.74, 6) is 0. The normalized spacial score (nSPS) is 15.1. The van der Waals surface area contributed by atoms with Crippen molar-refractivity contribution >= 4 is 10.0 Å². The molecule has 1 rings (SSSR count). The molecule has 0 aromatic carbocycles. The highest BCUT2D eigenvalue weighted by Gasteiger charge is 2.30. The predicted octanol–water partition coefficient (Wildman–Crippen LogP) is 0.463. The molecule has 0 aliphatic rings. The van der Waals surface area contributed by atoms with Crippen molar-refractivity contribution in [3.05, 3.63) is 18.5 Å². The molecule has 0 amide bonds. The molecule has 0 fully saturated rings. The summed E-state index contributed by atoms with van der Waals surface area (Å²) >= 11 is 0. The number of sulfonamides is 1. The van der Waals surface area contributed by atoms with Crippen LogP contribution in [-0.4, -0.2) is 29.7 Å². The zero-order valence-corrected chi connectivity index (χ0v) is 10.7. The van der Waals surface area contributed by atoms with E-state index >= 15 is 0 Å². The molecule has 16 heavy (non-hydrogen) atoms. The largest absolute Gasteiger partial charge is 0.391 e. The molecule has 0 saturated carbocycles. The highest BCUT2D eigenvalue weighted by atomic mass is 32.2. The summed E-state index contributed by atoms with van der Waals surface area (Å²) in [5, 5.41) is 9.46. The zero-order valence-electron chi connectivity index (χ0n) is 9.93. The third-order valence-corrected chi connectivity index (χ3v) is 4.21. The van der Waals surface area contributed by atoms with Crippen LogP contribution < -0.4 is 4.72 Å². The number of aryl methyl sites for hydroxylation is 1. The molecule has 0 spiro atoms. The SMILES string of the molecule is CC(O)C(C)(C)NS(=O)(=O)c1ccn(C)c1. The van der Waals surface area contributed by atoms with Crippen LogP contribution in [0, 0.1) is 0 Å². The van der Waals surface area contributed by atoms with Crippen LogP contribution in [0.2, 0.25) is 0 Å². The summed E-state index contributed by atoms with van der Waals surface area (Å²) < 4.78 is 28.0. The second-order valence-corrected chi connectivity index (χ2v) is 6.20. The maximum atomic E-state index is 11.9. The van der Waals surface area contributed by atoms with E-state index in [9.17, 15) is 13.5 Å². The molecule has 1 atom stereocenters. The van der Waals surface area contributed by atoms with Crippen molar-refractivity contribution in [2.24, 2.45) is 7.05 Å². The van der Waals surface area contributed by atoms with E-state index in [0.29, 0.717) is 0 Å². The van der Waals surface area contributed by atoms with Gasteiger partial charge in [0.1, 0.15) is 0 Å². The Morgan fingerprint density at radius 3 is 2.44 bits per heavy atom. The topological polar surface area (TPSA) is 71.3 Å². The minimum Gasteiger partial charge on any atom is -0.391 e. The molecule has 0 saturated heterocycles. The van der Waals surface area contributed by atoms with E-state index in [2.05, 4.69) is 4.72 Å². The molecule has 92 valence electrons.